The topological polar surface area (TPSA) is 3.24 Å². The molecule has 0 amide bonds. The summed E-state index contributed by atoms with van der Waals surface area (Å²) in [6, 6.07) is 0. The van der Waals surface area contributed by atoms with Gasteiger partial charge in [-0.2, -0.15) is 0 Å². The Labute approximate surface area is 84.5 Å². The Morgan fingerprint density at radius 1 is 0.846 bits per heavy atom. The lowest BCUT2D eigenvalue weighted by Crippen LogP contribution is -2.44. The van der Waals surface area contributed by atoms with E-state index in [-0.39, 0.29) is 0 Å². The largest absolute Gasteiger partial charge is 0.298 e. The number of rotatable bonds is 7. The molecule has 0 aromatic rings. The van der Waals surface area contributed by atoms with Crippen LogP contribution in [0.1, 0.15) is 60.3 Å². The Kier molecular flexibility index (Phi) is 6.40. The van der Waals surface area contributed by atoms with Crippen molar-refractivity contribution < 1.29 is 0 Å². The standard InChI is InChI=1S/C12H27N/c1-6-9-12(4,5)13(10-7-2)11-8-3/h6-11H2,1-5H3. The van der Waals surface area contributed by atoms with Gasteiger partial charge in [0, 0.05) is 5.54 Å². The molecule has 0 aliphatic carbocycles. The van der Waals surface area contributed by atoms with Crippen molar-refractivity contribution in [2.24, 2.45) is 0 Å². The predicted molar refractivity (Wildman–Crippen MR) is 61.1 cm³/mol. The first-order chi connectivity index (χ1) is 6.08. The van der Waals surface area contributed by atoms with Crippen LogP contribution in [0.25, 0.3) is 0 Å². The molecule has 0 saturated heterocycles. The summed E-state index contributed by atoms with van der Waals surface area (Å²) in [7, 11) is 0. The van der Waals surface area contributed by atoms with Gasteiger partial charge in [-0.1, -0.05) is 27.2 Å². The van der Waals surface area contributed by atoms with Gasteiger partial charge in [-0.3, -0.25) is 4.90 Å². The molecule has 80 valence electrons. The van der Waals surface area contributed by atoms with Crippen LogP contribution >= 0.6 is 0 Å². The maximum atomic E-state index is 2.64. The van der Waals surface area contributed by atoms with Gasteiger partial charge < -0.3 is 0 Å². The van der Waals surface area contributed by atoms with Gasteiger partial charge in [0.2, 0.25) is 0 Å². The summed E-state index contributed by atoms with van der Waals surface area (Å²) in [6.45, 7) is 14.1. The van der Waals surface area contributed by atoms with Gasteiger partial charge >= 0.3 is 0 Å². The van der Waals surface area contributed by atoms with Crippen molar-refractivity contribution in [1.29, 1.82) is 0 Å². The summed E-state index contributed by atoms with van der Waals surface area (Å²) < 4.78 is 0. The Bertz CT molecular complexity index is 112. The Hall–Kier alpha value is -0.0400. The highest BCUT2D eigenvalue weighted by molar-refractivity contribution is 4.80. The van der Waals surface area contributed by atoms with Crippen LogP contribution in [0.5, 0.6) is 0 Å². The molecule has 0 aliphatic heterocycles. The van der Waals surface area contributed by atoms with E-state index in [9.17, 15) is 0 Å². The lowest BCUT2D eigenvalue weighted by atomic mass is 9.96. The van der Waals surface area contributed by atoms with Gasteiger partial charge in [0.15, 0.2) is 0 Å². The second-order valence-corrected chi connectivity index (χ2v) is 4.55. The molecule has 0 radical (unpaired) electrons. The average Bonchev–Trinajstić information content (AvgIpc) is 2.04. The first-order valence-corrected chi connectivity index (χ1v) is 5.83. The minimum Gasteiger partial charge on any atom is -0.298 e. The van der Waals surface area contributed by atoms with Gasteiger partial charge in [-0.05, 0) is 46.2 Å². The molecule has 0 atom stereocenters. The van der Waals surface area contributed by atoms with Gasteiger partial charge in [0.1, 0.15) is 0 Å². The molecule has 13 heavy (non-hydrogen) atoms. The molecule has 0 aromatic carbocycles. The maximum Gasteiger partial charge on any atom is 0.0153 e. The fourth-order valence-electron chi connectivity index (χ4n) is 2.03. The van der Waals surface area contributed by atoms with E-state index < -0.39 is 0 Å². The summed E-state index contributed by atoms with van der Waals surface area (Å²) in [4.78, 5) is 2.64. The molecule has 0 fully saturated rings. The third-order valence-corrected chi connectivity index (χ3v) is 2.70. The third kappa shape index (κ3) is 4.66. The lowest BCUT2D eigenvalue weighted by molar-refractivity contribution is 0.110. The van der Waals surface area contributed by atoms with Crippen molar-refractivity contribution in [3.63, 3.8) is 0 Å². The quantitative estimate of drug-likeness (QED) is 0.585. The summed E-state index contributed by atoms with van der Waals surface area (Å²) in [6.07, 6.45) is 5.14. The molecule has 0 heterocycles. The molecule has 0 unspecified atom stereocenters. The van der Waals surface area contributed by atoms with Crippen LogP contribution in [-0.4, -0.2) is 23.5 Å². The summed E-state index contributed by atoms with van der Waals surface area (Å²) in [5, 5.41) is 0. The van der Waals surface area contributed by atoms with E-state index in [4.69, 9.17) is 0 Å². The molecule has 0 saturated carbocycles. The van der Waals surface area contributed by atoms with Crippen LogP contribution in [0.15, 0.2) is 0 Å². The van der Waals surface area contributed by atoms with Crippen LogP contribution in [0, 0.1) is 0 Å². The minimum atomic E-state index is 0.404. The Morgan fingerprint density at radius 3 is 1.62 bits per heavy atom. The summed E-state index contributed by atoms with van der Waals surface area (Å²) in [5.41, 5.74) is 0.404. The van der Waals surface area contributed by atoms with Crippen molar-refractivity contribution in [2.75, 3.05) is 13.1 Å². The molecule has 1 heteroatoms. The van der Waals surface area contributed by atoms with E-state index in [1.54, 1.807) is 0 Å². The summed E-state index contributed by atoms with van der Waals surface area (Å²) in [5.74, 6) is 0. The molecule has 0 N–H and O–H groups in total. The number of hydrogen-bond acceptors (Lipinski definition) is 1. The second-order valence-electron chi connectivity index (χ2n) is 4.55. The smallest absolute Gasteiger partial charge is 0.0153 e. The van der Waals surface area contributed by atoms with Crippen LogP contribution in [0.3, 0.4) is 0 Å². The number of hydrogen-bond donors (Lipinski definition) is 0. The third-order valence-electron chi connectivity index (χ3n) is 2.70. The van der Waals surface area contributed by atoms with Gasteiger partial charge in [-0.15, -0.1) is 0 Å². The zero-order valence-corrected chi connectivity index (χ0v) is 10.2. The molecule has 0 aromatic heterocycles. The van der Waals surface area contributed by atoms with E-state index in [1.165, 1.54) is 38.8 Å². The van der Waals surface area contributed by atoms with E-state index in [2.05, 4.69) is 39.5 Å². The van der Waals surface area contributed by atoms with Crippen LogP contribution in [0.4, 0.5) is 0 Å². The molecule has 0 aliphatic rings. The Balaban J connectivity index is 4.13. The fourth-order valence-corrected chi connectivity index (χ4v) is 2.03. The molecule has 0 rings (SSSR count). The van der Waals surface area contributed by atoms with E-state index >= 15 is 0 Å². The molecule has 0 spiro atoms. The minimum absolute atomic E-state index is 0.404. The highest BCUT2D eigenvalue weighted by atomic mass is 15.2. The number of nitrogens with zero attached hydrogens (tertiary/aromatic N) is 1. The zero-order chi connectivity index (χ0) is 10.3. The maximum absolute atomic E-state index is 2.64. The van der Waals surface area contributed by atoms with Gasteiger partial charge in [-0.25, -0.2) is 0 Å². The van der Waals surface area contributed by atoms with Gasteiger partial charge in [0.05, 0.1) is 0 Å². The monoisotopic (exact) mass is 185 g/mol. The molecule has 0 bridgehead atoms. The van der Waals surface area contributed by atoms with Crippen molar-refractivity contribution in [3.05, 3.63) is 0 Å². The first-order valence-electron chi connectivity index (χ1n) is 5.83. The first kappa shape index (κ1) is 13.0. The fraction of sp³-hybridized carbons (Fsp3) is 1.00. The second kappa shape index (κ2) is 6.42. The molecular formula is C12H27N. The highest BCUT2D eigenvalue weighted by Gasteiger charge is 2.23. The lowest BCUT2D eigenvalue weighted by Gasteiger charge is -2.38. The average molecular weight is 185 g/mol. The molecule has 1 nitrogen and oxygen atoms in total. The van der Waals surface area contributed by atoms with Crippen molar-refractivity contribution >= 4 is 0 Å². The molecular weight excluding hydrogens is 158 g/mol. The summed E-state index contributed by atoms with van der Waals surface area (Å²) >= 11 is 0. The van der Waals surface area contributed by atoms with Crippen LogP contribution < -0.4 is 0 Å². The van der Waals surface area contributed by atoms with E-state index in [0.29, 0.717) is 5.54 Å². The normalized spacial score (nSPS) is 12.5. The Morgan fingerprint density at radius 2 is 1.31 bits per heavy atom. The van der Waals surface area contributed by atoms with E-state index in [1.807, 2.05) is 0 Å². The van der Waals surface area contributed by atoms with Crippen LogP contribution in [-0.2, 0) is 0 Å². The zero-order valence-electron chi connectivity index (χ0n) is 10.2. The van der Waals surface area contributed by atoms with Crippen molar-refractivity contribution in [2.45, 2.75) is 65.8 Å². The highest BCUT2D eigenvalue weighted by Crippen LogP contribution is 2.20. The van der Waals surface area contributed by atoms with Crippen molar-refractivity contribution in [3.8, 4) is 0 Å². The van der Waals surface area contributed by atoms with Crippen LogP contribution in [0.2, 0.25) is 0 Å². The SMILES string of the molecule is CCCN(CCC)C(C)(C)CCC. The predicted octanol–water partition coefficient (Wildman–Crippen LogP) is 3.69. The van der Waals surface area contributed by atoms with Gasteiger partial charge in [0.25, 0.3) is 0 Å². The van der Waals surface area contributed by atoms with E-state index in [0.717, 1.165) is 0 Å². The van der Waals surface area contributed by atoms with Crippen molar-refractivity contribution in [1.82, 2.24) is 4.90 Å².